The van der Waals surface area contributed by atoms with E-state index in [-0.39, 0.29) is 5.91 Å². The van der Waals surface area contributed by atoms with E-state index in [0.29, 0.717) is 18.3 Å². The average molecular weight is 333 g/mol. The molecule has 0 fully saturated rings. The Labute approximate surface area is 145 Å². The van der Waals surface area contributed by atoms with Crippen molar-refractivity contribution in [1.29, 1.82) is 0 Å². The molecule has 0 saturated carbocycles. The SMILES string of the molecule is C[C@H](C(=O)NC[C@@H]1Cc2ccccc21)n1nnc(-c2ccccc2)n1. The van der Waals surface area contributed by atoms with Gasteiger partial charge in [-0.1, -0.05) is 54.6 Å². The number of nitrogens with one attached hydrogen (secondary N) is 1. The number of hydrogen-bond acceptors (Lipinski definition) is 4. The number of nitrogens with zero attached hydrogens (tertiary/aromatic N) is 4. The number of benzene rings is 2. The molecule has 1 amide bonds. The van der Waals surface area contributed by atoms with Gasteiger partial charge in [0.2, 0.25) is 11.7 Å². The molecule has 0 bridgehead atoms. The monoisotopic (exact) mass is 333 g/mol. The van der Waals surface area contributed by atoms with Crippen molar-refractivity contribution in [2.75, 3.05) is 6.54 Å². The maximum Gasteiger partial charge on any atom is 0.246 e. The summed E-state index contributed by atoms with van der Waals surface area (Å²) in [5.74, 6) is 0.825. The van der Waals surface area contributed by atoms with Crippen LogP contribution < -0.4 is 5.32 Å². The van der Waals surface area contributed by atoms with Crippen LogP contribution in [-0.2, 0) is 11.2 Å². The van der Waals surface area contributed by atoms with E-state index in [0.717, 1.165) is 12.0 Å². The quantitative estimate of drug-likeness (QED) is 0.778. The van der Waals surface area contributed by atoms with Crippen molar-refractivity contribution in [2.45, 2.75) is 25.3 Å². The van der Waals surface area contributed by atoms with Crippen molar-refractivity contribution in [2.24, 2.45) is 0 Å². The van der Waals surface area contributed by atoms with Gasteiger partial charge in [0.25, 0.3) is 0 Å². The molecule has 1 heterocycles. The van der Waals surface area contributed by atoms with E-state index in [1.54, 1.807) is 6.92 Å². The average Bonchev–Trinajstić information content (AvgIpc) is 3.12. The number of aromatic nitrogens is 4. The van der Waals surface area contributed by atoms with E-state index < -0.39 is 6.04 Å². The van der Waals surface area contributed by atoms with Crippen molar-refractivity contribution in [1.82, 2.24) is 25.5 Å². The highest BCUT2D eigenvalue weighted by molar-refractivity contribution is 5.79. The normalized spacial score (nSPS) is 16.6. The number of carbonyl (C=O) groups excluding carboxylic acids is 1. The Bertz CT molecular complexity index is 890. The fourth-order valence-electron chi connectivity index (χ4n) is 3.11. The molecule has 0 spiro atoms. The van der Waals surface area contributed by atoms with E-state index in [2.05, 4.69) is 38.9 Å². The molecule has 1 N–H and O–H groups in total. The van der Waals surface area contributed by atoms with Crippen LogP contribution in [0.4, 0.5) is 0 Å². The Balaban J connectivity index is 1.37. The number of amides is 1. The van der Waals surface area contributed by atoms with Gasteiger partial charge < -0.3 is 5.32 Å². The van der Waals surface area contributed by atoms with Gasteiger partial charge in [0.1, 0.15) is 6.04 Å². The molecule has 0 saturated heterocycles. The van der Waals surface area contributed by atoms with E-state index >= 15 is 0 Å². The second-order valence-electron chi connectivity index (χ2n) is 6.32. The van der Waals surface area contributed by atoms with Crippen LogP contribution in [0.1, 0.15) is 30.0 Å². The van der Waals surface area contributed by atoms with Gasteiger partial charge in [-0.15, -0.1) is 10.2 Å². The maximum absolute atomic E-state index is 12.4. The van der Waals surface area contributed by atoms with Crippen LogP contribution in [0, 0.1) is 0 Å². The largest absolute Gasteiger partial charge is 0.354 e. The summed E-state index contributed by atoms with van der Waals surface area (Å²) in [7, 11) is 0. The minimum absolute atomic E-state index is 0.0959. The number of hydrogen-bond donors (Lipinski definition) is 1. The molecular weight excluding hydrogens is 314 g/mol. The first-order valence-electron chi connectivity index (χ1n) is 8.43. The third-order valence-corrected chi connectivity index (χ3v) is 4.67. The van der Waals surface area contributed by atoms with Gasteiger partial charge in [-0.3, -0.25) is 4.79 Å². The van der Waals surface area contributed by atoms with Gasteiger partial charge in [0, 0.05) is 18.0 Å². The first-order chi connectivity index (χ1) is 12.2. The van der Waals surface area contributed by atoms with Crippen LogP contribution in [-0.4, -0.2) is 32.7 Å². The zero-order valence-electron chi connectivity index (χ0n) is 14.0. The number of rotatable bonds is 5. The van der Waals surface area contributed by atoms with Crippen molar-refractivity contribution >= 4 is 5.91 Å². The number of carbonyl (C=O) groups is 1. The Hall–Kier alpha value is -3.02. The van der Waals surface area contributed by atoms with Crippen molar-refractivity contribution < 1.29 is 4.79 Å². The topological polar surface area (TPSA) is 72.7 Å². The van der Waals surface area contributed by atoms with E-state index in [4.69, 9.17) is 0 Å². The van der Waals surface area contributed by atoms with Gasteiger partial charge >= 0.3 is 0 Å². The Morgan fingerprint density at radius 1 is 1.20 bits per heavy atom. The van der Waals surface area contributed by atoms with Crippen molar-refractivity contribution in [3.05, 3.63) is 65.7 Å². The summed E-state index contributed by atoms with van der Waals surface area (Å²) in [6.07, 6.45) is 1.02. The van der Waals surface area contributed by atoms with Crippen LogP contribution in [0.15, 0.2) is 54.6 Å². The smallest absolute Gasteiger partial charge is 0.246 e. The molecule has 0 unspecified atom stereocenters. The van der Waals surface area contributed by atoms with Gasteiger partial charge in [-0.05, 0) is 29.7 Å². The predicted octanol–water partition coefficient (Wildman–Crippen LogP) is 2.36. The molecule has 6 nitrogen and oxygen atoms in total. The number of fused-ring (bicyclic) bond motifs is 1. The van der Waals surface area contributed by atoms with Gasteiger partial charge in [0.05, 0.1) is 0 Å². The standard InChI is InChI=1S/C19H19N5O/c1-13(24-22-18(21-23-24)14-7-3-2-4-8-14)19(25)20-12-16-11-15-9-5-6-10-17(15)16/h2-10,13,16H,11-12H2,1H3,(H,20,25)/t13-,16+/m1/s1. The van der Waals surface area contributed by atoms with Crippen LogP contribution in [0.2, 0.25) is 0 Å². The van der Waals surface area contributed by atoms with Gasteiger partial charge in [0.15, 0.2) is 0 Å². The van der Waals surface area contributed by atoms with Crippen LogP contribution in [0.25, 0.3) is 11.4 Å². The molecule has 3 aromatic rings. The summed E-state index contributed by atoms with van der Waals surface area (Å²) >= 11 is 0. The lowest BCUT2D eigenvalue weighted by Crippen LogP contribution is -2.37. The minimum Gasteiger partial charge on any atom is -0.354 e. The fraction of sp³-hybridized carbons (Fsp3) is 0.263. The van der Waals surface area contributed by atoms with Crippen molar-refractivity contribution in [3.8, 4) is 11.4 Å². The van der Waals surface area contributed by atoms with Gasteiger partial charge in [-0.25, -0.2) is 0 Å². The summed E-state index contributed by atoms with van der Waals surface area (Å²) in [5, 5.41) is 15.4. The molecule has 1 aliphatic carbocycles. The van der Waals surface area contributed by atoms with E-state index in [1.807, 2.05) is 36.4 Å². The highest BCUT2D eigenvalue weighted by Gasteiger charge is 2.27. The summed E-state index contributed by atoms with van der Waals surface area (Å²) in [6.45, 7) is 2.42. The van der Waals surface area contributed by atoms with Crippen molar-refractivity contribution in [3.63, 3.8) is 0 Å². The Kier molecular flexibility index (Phi) is 4.01. The molecule has 6 heteroatoms. The third-order valence-electron chi connectivity index (χ3n) is 4.67. The summed E-state index contributed by atoms with van der Waals surface area (Å²) in [4.78, 5) is 13.8. The molecule has 1 aliphatic rings. The fourth-order valence-corrected chi connectivity index (χ4v) is 3.11. The Morgan fingerprint density at radius 3 is 2.76 bits per heavy atom. The zero-order chi connectivity index (χ0) is 17.2. The van der Waals surface area contributed by atoms with Crippen LogP contribution in [0.3, 0.4) is 0 Å². The van der Waals surface area contributed by atoms with E-state index in [9.17, 15) is 4.79 Å². The first-order valence-corrected chi connectivity index (χ1v) is 8.43. The lowest BCUT2D eigenvalue weighted by atomic mass is 9.77. The Morgan fingerprint density at radius 2 is 1.96 bits per heavy atom. The predicted molar refractivity (Wildman–Crippen MR) is 93.9 cm³/mol. The number of tetrazole rings is 1. The minimum atomic E-state index is -0.500. The molecule has 126 valence electrons. The van der Waals surface area contributed by atoms with Crippen LogP contribution >= 0.6 is 0 Å². The lowest BCUT2D eigenvalue weighted by Gasteiger charge is -2.30. The summed E-state index contributed by atoms with van der Waals surface area (Å²) < 4.78 is 0. The summed E-state index contributed by atoms with van der Waals surface area (Å²) in [6, 6.07) is 17.5. The molecule has 4 rings (SSSR count). The maximum atomic E-state index is 12.4. The van der Waals surface area contributed by atoms with Gasteiger partial charge in [-0.2, -0.15) is 4.80 Å². The zero-order valence-corrected chi connectivity index (χ0v) is 14.0. The molecule has 0 radical (unpaired) electrons. The molecule has 25 heavy (non-hydrogen) atoms. The molecule has 2 aromatic carbocycles. The highest BCUT2D eigenvalue weighted by Crippen LogP contribution is 2.34. The van der Waals surface area contributed by atoms with E-state index in [1.165, 1.54) is 15.9 Å². The molecular formula is C19H19N5O. The van der Waals surface area contributed by atoms with Crippen LogP contribution in [0.5, 0.6) is 0 Å². The highest BCUT2D eigenvalue weighted by atomic mass is 16.2. The molecule has 0 aliphatic heterocycles. The second-order valence-corrected chi connectivity index (χ2v) is 6.32. The lowest BCUT2D eigenvalue weighted by molar-refractivity contribution is -0.124. The molecule has 2 atom stereocenters. The second kappa shape index (κ2) is 6.47. The first kappa shape index (κ1) is 15.5. The third kappa shape index (κ3) is 3.03. The molecule has 1 aromatic heterocycles. The summed E-state index contributed by atoms with van der Waals surface area (Å²) in [5.41, 5.74) is 3.59.